The van der Waals surface area contributed by atoms with Crippen molar-refractivity contribution in [2.45, 2.75) is 0 Å². The van der Waals surface area contributed by atoms with E-state index in [4.69, 9.17) is 0 Å². The highest BCUT2D eigenvalue weighted by Gasteiger charge is 2.23. The summed E-state index contributed by atoms with van der Waals surface area (Å²) in [5, 5.41) is 1.15. The molecule has 24 heavy (non-hydrogen) atoms. The Labute approximate surface area is 141 Å². The van der Waals surface area contributed by atoms with Crippen molar-refractivity contribution in [3.63, 3.8) is 0 Å². The summed E-state index contributed by atoms with van der Waals surface area (Å²) in [6, 6.07) is 19.8. The fourth-order valence-corrected chi connectivity index (χ4v) is 3.26. The van der Waals surface area contributed by atoms with Crippen molar-refractivity contribution in [1.29, 1.82) is 0 Å². The smallest absolute Gasteiger partial charge is 0.253 e. The zero-order valence-corrected chi connectivity index (χ0v) is 13.4. The van der Waals surface area contributed by atoms with Crippen molar-refractivity contribution in [3.05, 3.63) is 72.4 Å². The van der Waals surface area contributed by atoms with Gasteiger partial charge < -0.3 is 9.80 Å². The molecule has 1 aromatic heterocycles. The number of para-hydroxylation sites is 1. The summed E-state index contributed by atoms with van der Waals surface area (Å²) in [6.07, 6.45) is 1.83. The van der Waals surface area contributed by atoms with Crippen molar-refractivity contribution in [2.75, 3.05) is 31.1 Å². The van der Waals surface area contributed by atoms with E-state index in [1.54, 1.807) is 0 Å². The third-order valence-electron chi connectivity index (χ3n) is 4.54. The van der Waals surface area contributed by atoms with Crippen LogP contribution in [0.25, 0.3) is 10.9 Å². The Balaban J connectivity index is 1.51. The van der Waals surface area contributed by atoms with Gasteiger partial charge in [0.15, 0.2) is 0 Å². The molecule has 0 aliphatic carbocycles. The van der Waals surface area contributed by atoms with Crippen LogP contribution >= 0.6 is 0 Å². The van der Waals surface area contributed by atoms with Crippen LogP contribution in [0, 0.1) is 0 Å². The fraction of sp³-hybridized carbons (Fsp3) is 0.200. The summed E-state index contributed by atoms with van der Waals surface area (Å²) < 4.78 is 0. The summed E-state index contributed by atoms with van der Waals surface area (Å²) in [7, 11) is 0. The number of carbonyl (C=O) groups is 1. The summed E-state index contributed by atoms with van der Waals surface area (Å²) in [5.41, 5.74) is 2.94. The second kappa shape index (κ2) is 6.32. The highest BCUT2D eigenvalue weighted by molar-refractivity contribution is 5.94. The van der Waals surface area contributed by atoms with Gasteiger partial charge in [-0.1, -0.05) is 36.4 Å². The quantitative estimate of drug-likeness (QED) is 0.728. The van der Waals surface area contributed by atoms with Gasteiger partial charge in [0.2, 0.25) is 0 Å². The summed E-state index contributed by atoms with van der Waals surface area (Å²) >= 11 is 0. The number of benzene rings is 2. The maximum Gasteiger partial charge on any atom is 0.253 e. The third kappa shape index (κ3) is 2.71. The second-order valence-electron chi connectivity index (χ2n) is 6.00. The molecule has 3 aromatic rings. The maximum absolute atomic E-state index is 12.6. The van der Waals surface area contributed by atoms with Crippen LogP contribution in [0.3, 0.4) is 0 Å². The van der Waals surface area contributed by atoms with Crippen molar-refractivity contribution >= 4 is 22.5 Å². The number of rotatable bonds is 2. The van der Waals surface area contributed by atoms with Gasteiger partial charge >= 0.3 is 0 Å². The molecule has 0 saturated carbocycles. The first-order valence-electron chi connectivity index (χ1n) is 8.26. The first-order valence-corrected chi connectivity index (χ1v) is 8.26. The normalized spacial score (nSPS) is 14.8. The number of piperazine rings is 1. The molecule has 1 aliphatic rings. The molecule has 1 fully saturated rings. The van der Waals surface area contributed by atoms with Gasteiger partial charge in [-0.3, -0.25) is 9.78 Å². The minimum atomic E-state index is 0.117. The zero-order valence-electron chi connectivity index (χ0n) is 13.4. The van der Waals surface area contributed by atoms with Gasteiger partial charge in [0.05, 0.1) is 11.2 Å². The predicted octanol–water partition coefficient (Wildman–Crippen LogP) is 3.20. The van der Waals surface area contributed by atoms with Gasteiger partial charge in [0.25, 0.3) is 5.91 Å². The Morgan fingerprint density at radius 3 is 2.38 bits per heavy atom. The molecule has 2 aromatic carbocycles. The lowest BCUT2D eigenvalue weighted by Gasteiger charge is -2.36. The molecule has 0 spiro atoms. The van der Waals surface area contributed by atoms with Crippen LogP contribution in [0.5, 0.6) is 0 Å². The van der Waals surface area contributed by atoms with Crippen LogP contribution in [0.1, 0.15) is 10.4 Å². The van der Waals surface area contributed by atoms with E-state index in [-0.39, 0.29) is 5.91 Å². The molecule has 120 valence electrons. The Morgan fingerprint density at radius 1 is 0.833 bits per heavy atom. The Morgan fingerprint density at radius 2 is 1.58 bits per heavy atom. The number of amides is 1. The molecular formula is C20H19N3O. The van der Waals surface area contributed by atoms with Crippen molar-refractivity contribution in [2.24, 2.45) is 0 Å². The summed E-state index contributed by atoms with van der Waals surface area (Å²) in [5.74, 6) is 0.117. The molecule has 0 radical (unpaired) electrons. The molecule has 1 amide bonds. The van der Waals surface area contributed by atoms with Crippen molar-refractivity contribution < 1.29 is 4.79 Å². The molecular weight excluding hydrogens is 298 g/mol. The van der Waals surface area contributed by atoms with Crippen LogP contribution < -0.4 is 4.90 Å². The van der Waals surface area contributed by atoms with Crippen LogP contribution in [-0.4, -0.2) is 42.0 Å². The number of carbonyl (C=O) groups excluding carboxylic acids is 1. The Bertz CT molecular complexity index is 850. The Hall–Kier alpha value is -2.88. The van der Waals surface area contributed by atoms with Crippen LogP contribution in [0.4, 0.5) is 5.69 Å². The molecule has 1 aliphatic heterocycles. The van der Waals surface area contributed by atoms with Crippen LogP contribution in [-0.2, 0) is 0 Å². The van der Waals surface area contributed by atoms with Gasteiger partial charge in [-0.2, -0.15) is 0 Å². The Kier molecular flexibility index (Phi) is 3.87. The number of pyridine rings is 1. The van der Waals surface area contributed by atoms with Crippen LogP contribution in [0.2, 0.25) is 0 Å². The first kappa shape index (κ1) is 14.7. The standard InChI is InChI=1S/C20H19N3O/c24-20(17-6-2-1-3-7-17)23-14-12-22(13-15-23)18-10-4-8-16-9-5-11-21-19(16)18/h1-11H,12-15H2. The lowest BCUT2D eigenvalue weighted by atomic mass is 10.1. The molecule has 1 saturated heterocycles. The van der Waals surface area contributed by atoms with E-state index in [0.717, 1.165) is 48.3 Å². The van der Waals surface area contributed by atoms with Crippen molar-refractivity contribution in [3.8, 4) is 0 Å². The van der Waals surface area contributed by atoms with E-state index in [0.29, 0.717) is 0 Å². The molecule has 4 rings (SSSR count). The van der Waals surface area contributed by atoms with Gasteiger partial charge in [0, 0.05) is 43.3 Å². The van der Waals surface area contributed by atoms with Gasteiger partial charge in [-0.05, 0) is 24.3 Å². The summed E-state index contributed by atoms with van der Waals surface area (Å²) in [4.78, 5) is 21.3. The van der Waals surface area contributed by atoms with E-state index < -0.39 is 0 Å². The number of hydrogen-bond acceptors (Lipinski definition) is 3. The van der Waals surface area contributed by atoms with E-state index in [1.807, 2.05) is 47.5 Å². The molecule has 0 atom stereocenters. The van der Waals surface area contributed by atoms with Gasteiger partial charge in [0.1, 0.15) is 0 Å². The molecule has 0 bridgehead atoms. The summed E-state index contributed by atoms with van der Waals surface area (Å²) in [6.45, 7) is 3.12. The number of fused-ring (bicyclic) bond motifs is 1. The minimum absolute atomic E-state index is 0.117. The molecule has 0 unspecified atom stereocenters. The number of nitrogens with zero attached hydrogens (tertiary/aromatic N) is 3. The first-order chi connectivity index (χ1) is 11.8. The lowest BCUT2D eigenvalue weighted by Crippen LogP contribution is -2.48. The van der Waals surface area contributed by atoms with E-state index in [2.05, 4.69) is 34.1 Å². The van der Waals surface area contributed by atoms with E-state index in [1.165, 1.54) is 0 Å². The van der Waals surface area contributed by atoms with Crippen LogP contribution in [0.15, 0.2) is 66.9 Å². The van der Waals surface area contributed by atoms with Gasteiger partial charge in [-0.15, -0.1) is 0 Å². The predicted molar refractivity (Wildman–Crippen MR) is 96.3 cm³/mol. The monoisotopic (exact) mass is 317 g/mol. The van der Waals surface area contributed by atoms with E-state index in [9.17, 15) is 4.79 Å². The van der Waals surface area contributed by atoms with E-state index >= 15 is 0 Å². The average Bonchev–Trinajstić information content (AvgIpc) is 2.68. The molecule has 4 nitrogen and oxygen atoms in total. The minimum Gasteiger partial charge on any atom is -0.366 e. The topological polar surface area (TPSA) is 36.4 Å². The molecule has 0 N–H and O–H groups in total. The number of anilines is 1. The van der Waals surface area contributed by atoms with Crippen molar-refractivity contribution in [1.82, 2.24) is 9.88 Å². The largest absolute Gasteiger partial charge is 0.366 e. The number of aromatic nitrogens is 1. The fourth-order valence-electron chi connectivity index (χ4n) is 3.26. The third-order valence-corrected chi connectivity index (χ3v) is 4.54. The number of hydrogen-bond donors (Lipinski definition) is 0. The highest BCUT2D eigenvalue weighted by atomic mass is 16.2. The maximum atomic E-state index is 12.6. The zero-order chi connectivity index (χ0) is 16.4. The molecule has 4 heteroatoms. The van der Waals surface area contributed by atoms with Gasteiger partial charge in [-0.25, -0.2) is 0 Å². The lowest BCUT2D eigenvalue weighted by molar-refractivity contribution is 0.0747. The molecule has 2 heterocycles. The average molecular weight is 317 g/mol. The SMILES string of the molecule is O=C(c1ccccc1)N1CCN(c2cccc3cccnc23)CC1. The highest BCUT2D eigenvalue weighted by Crippen LogP contribution is 2.25. The second-order valence-corrected chi connectivity index (χ2v) is 6.00.